The van der Waals surface area contributed by atoms with Crippen molar-refractivity contribution in [2.75, 3.05) is 32.8 Å². The average molecular weight is 373 g/mol. The lowest BCUT2D eigenvalue weighted by molar-refractivity contribution is 0.197. The number of likely N-dealkylation sites (tertiary alicyclic amines) is 1. The van der Waals surface area contributed by atoms with Gasteiger partial charge in [-0.25, -0.2) is 0 Å². The van der Waals surface area contributed by atoms with Crippen molar-refractivity contribution < 1.29 is 4.74 Å². The van der Waals surface area contributed by atoms with E-state index in [9.17, 15) is 0 Å². The standard InChI is InChI=1S/C22H36N4O/c1-3-16-27-21-7-5-6-18(17-21)10-13-24-22(23-4-2)25-19-11-14-26(15-12-19)20-8-9-20/h5-7,17,19-20H,3-4,8-16H2,1-2H3,(H2,23,24,25). The van der Waals surface area contributed by atoms with Crippen LogP contribution < -0.4 is 15.4 Å². The quantitative estimate of drug-likeness (QED) is 0.516. The zero-order chi connectivity index (χ0) is 18.9. The first-order chi connectivity index (χ1) is 13.3. The van der Waals surface area contributed by atoms with Crippen LogP contribution in [0.15, 0.2) is 29.3 Å². The van der Waals surface area contributed by atoms with Gasteiger partial charge < -0.3 is 20.3 Å². The van der Waals surface area contributed by atoms with E-state index in [4.69, 9.17) is 9.73 Å². The number of nitrogens with zero attached hydrogens (tertiary/aromatic N) is 2. The van der Waals surface area contributed by atoms with Gasteiger partial charge in [0, 0.05) is 38.3 Å². The lowest BCUT2D eigenvalue weighted by Crippen LogP contribution is -2.49. The van der Waals surface area contributed by atoms with E-state index in [1.54, 1.807) is 0 Å². The van der Waals surface area contributed by atoms with E-state index in [2.05, 4.69) is 47.6 Å². The highest BCUT2D eigenvalue weighted by Crippen LogP contribution is 2.29. The van der Waals surface area contributed by atoms with Gasteiger partial charge in [-0.05, 0) is 63.1 Å². The molecule has 0 aromatic heterocycles. The first-order valence-corrected chi connectivity index (χ1v) is 10.8. The highest BCUT2D eigenvalue weighted by Gasteiger charge is 2.31. The summed E-state index contributed by atoms with van der Waals surface area (Å²) < 4.78 is 5.73. The molecule has 0 spiro atoms. The fraction of sp³-hybridized carbons (Fsp3) is 0.682. The summed E-state index contributed by atoms with van der Waals surface area (Å²) in [6, 6.07) is 9.83. The molecule has 0 radical (unpaired) electrons. The van der Waals surface area contributed by atoms with Crippen LogP contribution in [-0.4, -0.2) is 55.7 Å². The summed E-state index contributed by atoms with van der Waals surface area (Å²) in [5.41, 5.74) is 1.28. The zero-order valence-electron chi connectivity index (χ0n) is 17.0. The van der Waals surface area contributed by atoms with Gasteiger partial charge in [0.1, 0.15) is 5.75 Å². The number of hydrogen-bond acceptors (Lipinski definition) is 3. The molecule has 2 fully saturated rings. The Kier molecular flexibility index (Phi) is 7.81. The number of nitrogens with one attached hydrogen (secondary N) is 2. The van der Waals surface area contributed by atoms with Crippen LogP contribution in [0.2, 0.25) is 0 Å². The maximum Gasteiger partial charge on any atom is 0.191 e. The largest absolute Gasteiger partial charge is 0.494 e. The first kappa shape index (κ1) is 20.0. The predicted octanol–water partition coefficient (Wildman–Crippen LogP) is 3.20. The molecule has 0 atom stereocenters. The molecule has 2 aliphatic rings. The van der Waals surface area contributed by atoms with Crippen LogP contribution in [0.4, 0.5) is 0 Å². The van der Waals surface area contributed by atoms with Crippen LogP contribution in [0.3, 0.4) is 0 Å². The third-order valence-corrected chi connectivity index (χ3v) is 5.32. The number of guanidine groups is 1. The molecule has 0 unspecified atom stereocenters. The molecule has 0 amide bonds. The molecule has 0 bridgehead atoms. The SMILES string of the molecule is CCCOc1cccc(CCN=C(NCC)NC2CCN(C3CC3)CC2)c1. The van der Waals surface area contributed by atoms with E-state index in [-0.39, 0.29) is 0 Å². The van der Waals surface area contributed by atoms with Gasteiger partial charge in [-0.2, -0.15) is 0 Å². The number of hydrogen-bond donors (Lipinski definition) is 2. The molecule has 3 rings (SSSR count). The van der Waals surface area contributed by atoms with Crippen molar-refractivity contribution >= 4 is 5.96 Å². The lowest BCUT2D eigenvalue weighted by Gasteiger charge is -2.33. The van der Waals surface area contributed by atoms with Gasteiger partial charge >= 0.3 is 0 Å². The summed E-state index contributed by atoms with van der Waals surface area (Å²) in [5.74, 6) is 1.92. The summed E-state index contributed by atoms with van der Waals surface area (Å²) in [6.45, 7) is 9.17. The third kappa shape index (κ3) is 6.73. The van der Waals surface area contributed by atoms with E-state index in [1.807, 2.05) is 6.07 Å². The van der Waals surface area contributed by atoms with E-state index in [0.717, 1.165) is 50.3 Å². The van der Waals surface area contributed by atoms with Gasteiger partial charge in [-0.15, -0.1) is 0 Å². The summed E-state index contributed by atoms with van der Waals surface area (Å²) in [4.78, 5) is 7.46. The highest BCUT2D eigenvalue weighted by atomic mass is 16.5. The number of piperidine rings is 1. The number of rotatable bonds is 9. The first-order valence-electron chi connectivity index (χ1n) is 10.8. The maximum atomic E-state index is 5.73. The minimum absolute atomic E-state index is 0.545. The van der Waals surface area contributed by atoms with E-state index < -0.39 is 0 Å². The molecular formula is C22H36N4O. The van der Waals surface area contributed by atoms with Gasteiger partial charge in [0.15, 0.2) is 5.96 Å². The normalized spacial score (nSPS) is 19.1. The molecule has 1 saturated heterocycles. The van der Waals surface area contributed by atoms with Gasteiger partial charge in [0.05, 0.1) is 6.61 Å². The minimum atomic E-state index is 0.545. The van der Waals surface area contributed by atoms with Crippen molar-refractivity contribution in [1.82, 2.24) is 15.5 Å². The smallest absolute Gasteiger partial charge is 0.191 e. The topological polar surface area (TPSA) is 48.9 Å². The van der Waals surface area contributed by atoms with Gasteiger partial charge in [0.25, 0.3) is 0 Å². The van der Waals surface area contributed by atoms with Gasteiger partial charge in [0.2, 0.25) is 0 Å². The van der Waals surface area contributed by atoms with Crippen LogP contribution in [0.1, 0.15) is 51.5 Å². The van der Waals surface area contributed by atoms with Crippen LogP contribution >= 0.6 is 0 Å². The molecule has 5 heteroatoms. The Bertz CT molecular complexity index is 592. The van der Waals surface area contributed by atoms with Crippen molar-refractivity contribution in [1.29, 1.82) is 0 Å². The molecule has 2 N–H and O–H groups in total. The maximum absolute atomic E-state index is 5.73. The second kappa shape index (κ2) is 10.5. The van der Waals surface area contributed by atoms with Crippen LogP contribution in [0.5, 0.6) is 5.75 Å². The Morgan fingerprint density at radius 1 is 1.19 bits per heavy atom. The molecule has 1 saturated carbocycles. The Labute approximate surface area is 164 Å². The molecule has 1 aliphatic carbocycles. The molecule has 1 aromatic rings. The van der Waals surface area contributed by atoms with Gasteiger partial charge in [-0.1, -0.05) is 19.1 Å². The monoisotopic (exact) mass is 372 g/mol. The number of ether oxygens (including phenoxy) is 1. The van der Waals surface area contributed by atoms with Crippen molar-refractivity contribution in [3.05, 3.63) is 29.8 Å². The van der Waals surface area contributed by atoms with Crippen molar-refractivity contribution in [3.63, 3.8) is 0 Å². The van der Waals surface area contributed by atoms with E-state index in [0.29, 0.717) is 6.04 Å². The van der Waals surface area contributed by atoms with Crippen LogP contribution in [0.25, 0.3) is 0 Å². The second-order valence-electron chi connectivity index (χ2n) is 7.69. The average Bonchev–Trinajstić information content (AvgIpc) is 3.53. The molecule has 1 aliphatic heterocycles. The van der Waals surface area contributed by atoms with E-state index in [1.165, 1.54) is 44.3 Å². The molecule has 5 nitrogen and oxygen atoms in total. The number of aliphatic imine (C=N–C) groups is 1. The van der Waals surface area contributed by atoms with Crippen LogP contribution in [-0.2, 0) is 6.42 Å². The Hall–Kier alpha value is -1.75. The van der Waals surface area contributed by atoms with Crippen molar-refractivity contribution in [2.24, 2.45) is 4.99 Å². The fourth-order valence-electron chi connectivity index (χ4n) is 3.67. The summed E-state index contributed by atoms with van der Waals surface area (Å²) in [7, 11) is 0. The second-order valence-corrected chi connectivity index (χ2v) is 7.69. The van der Waals surface area contributed by atoms with Gasteiger partial charge in [-0.3, -0.25) is 4.99 Å². The Morgan fingerprint density at radius 2 is 2.00 bits per heavy atom. The number of benzene rings is 1. The molecule has 1 heterocycles. The summed E-state index contributed by atoms with van der Waals surface area (Å²) >= 11 is 0. The molecular weight excluding hydrogens is 336 g/mol. The van der Waals surface area contributed by atoms with E-state index >= 15 is 0 Å². The lowest BCUT2D eigenvalue weighted by atomic mass is 10.1. The highest BCUT2D eigenvalue weighted by molar-refractivity contribution is 5.80. The fourth-order valence-corrected chi connectivity index (χ4v) is 3.67. The van der Waals surface area contributed by atoms with Crippen molar-refractivity contribution in [2.45, 2.75) is 64.5 Å². The third-order valence-electron chi connectivity index (χ3n) is 5.32. The van der Waals surface area contributed by atoms with Crippen molar-refractivity contribution in [3.8, 4) is 5.75 Å². The molecule has 150 valence electrons. The Balaban J connectivity index is 1.45. The summed E-state index contributed by atoms with van der Waals surface area (Å²) in [5, 5.41) is 7.05. The molecule has 1 aromatic carbocycles. The predicted molar refractivity (Wildman–Crippen MR) is 113 cm³/mol. The molecule has 27 heavy (non-hydrogen) atoms. The zero-order valence-corrected chi connectivity index (χ0v) is 17.0. The minimum Gasteiger partial charge on any atom is -0.494 e. The van der Waals surface area contributed by atoms with Crippen LogP contribution in [0, 0.1) is 0 Å². The Morgan fingerprint density at radius 3 is 2.70 bits per heavy atom. The summed E-state index contributed by atoms with van der Waals surface area (Å²) in [6.07, 6.45) is 7.22.